The van der Waals surface area contributed by atoms with Crippen molar-refractivity contribution in [3.05, 3.63) is 47.7 Å². The Hall–Kier alpha value is -3.23. The maximum atomic E-state index is 12.9. The van der Waals surface area contributed by atoms with Gasteiger partial charge in [0.2, 0.25) is 5.88 Å². The molecule has 0 bridgehead atoms. The van der Waals surface area contributed by atoms with Gasteiger partial charge in [-0.2, -0.15) is 0 Å². The van der Waals surface area contributed by atoms with E-state index in [1.807, 2.05) is 0 Å². The first-order valence-corrected chi connectivity index (χ1v) is 6.10. The molecule has 2 N–H and O–H groups in total. The van der Waals surface area contributed by atoms with Crippen LogP contribution in [-0.4, -0.2) is 31.4 Å². The number of pyridine rings is 1. The molecule has 0 amide bonds. The highest BCUT2D eigenvalue weighted by Crippen LogP contribution is 2.21. The molecule has 3 rings (SSSR count). The molecule has 0 saturated carbocycles. The van der Waals surface area contributed by atoms with Gasteiger partial charge < -0.3 is 14.4 Å². The number of H-pyrrole nitrogens is 1. The number of aromatic carboxylic acids is 1. The van der Waals surface area contributed by atoms with E-state index in [0.717, 1.165) is 6.20 Å². The summed E-state index contributed by atoms with van der Waals surface area (Å²) in [6.45, 7) is 0.0435. The van der Waals surface area contributed by atoms with Gasteiger partial charge in [-0.3, -0.25) is 10.1 Å². The summed E-state index contributed by atoms with van der Waals surface area (Å²) < 4.78 is 23.1. The molecule has 0 saturated heterocycles. The Bertz CT molecular complexity index is 796. The number of halogens is 1. The summed E-state index contributed by atoms with van der Waals surface area (Å²) in [5, 5.41) is 18.6. The molecule has 3 aromatic rings. The molecule has 3 heterocycles. The summed E-state index contributed by atoms with van der Waals surface area (Å²) in [6, 6.07) is 3.98. The molecule has 9 heteroatoms. The van der Waals surface area contributed by atoms with Gasteiger partial charge in [0.25, 0.3) is 0 Å². The van der Waals surface area contributed by atoms with Gasteiger partial charge in [0, 0.05) is 6.07 Å². The first kappa shape index (κ1) is 13.7. The minimum atomic E-state index is -1.14. The van der Waals surface area contributed by atoms with Crippen molar-refractivity contribution in [1.29, 1.82) is 0 Å². The van der Waals surface area contributed by atoms with E-state index in [2.05, 4.69) is 20.3 Å². The molecule has 0 unspecified atom stereocenters. The SMILES string of the molecule is O=C(O)c1cc(OCc2conc2-c2ccc(F)cn2)n[nH]1. The average Bonchev–Trinajstić information content (AvgIpc) is 3.15. The summed E-state index contributed by atoms with van der Waals surface area (Å²) in [7, 11) is 0. The minimum Gasteiger partial charge on any atom is -0.477 e. The molecule has 0 spiro atoms. The first-order chi connectivity index (χ1) is 10.6. The van der Waals surface area contributed by atoms with Gasteiger partial charge in [0.05, 0.1) is 17.5 Å². The van der Waals surface area contributed by atoms with E-state index in [9.17, 15) is 9.18 Å². The number of carbonyl (C=O) groups is 1. The number of carboxylic acid groups (broad SMARTS) is 1. The number of nitrogens with one attached hydrogen (secondary N) is 1. The van der Waals surface area contributed by atoms with Gasteiger partial charge in [-0.15, -0.1) is 5.10 Å². The molecule has 112 valence electrons. The van der Waals surface area contributed by atoms with E-state index < -0.39 is 11.8 Å². The number of ether oxygens (including phenoxy) is 1. The van der Waals surface area contributed by atoms with Crippen molar-refractivity contribution < 1.29 is 23.6 Å². The van der Waals surface area contributed by atoms with Crippen LogP contribution in [0.15, 0.2) is 35.2 Å². The molecule has 22 heavy (non-hydrogen) atoms. The zero-order valence-electron chi connectivity index (χ0n) is 11.0. The summed E-state index contributed by atoms with van der Waals surface area (Å²) in [4.78, 5) is 14.6. The van der Waals surface area contributed by atoms with Crippen molar-refractivity contribution in [3.8, 4) is 17.3 Å². The van der Waals surface area contributed by atoms with E-state index in [4.69, 9.17) is 14.4 Å². The second-order valence-electron chi connectivity index (χ2n) is 4.26. The summed E-state index contributed by atoms with van der Waals surface area (Å²) in [6.07, 6.45) is 2.44. The van der Waals surface area contributed by atoms with Crippen LogP contribution >= 0.6 is 0 Å². The third-order valence-electron chi connectivity index (χ3n) is 2.77. The van der Waals surface area contributed by atoms with Crippen LogP contribution in [0.1, 0.15) is 16.1 Å². The lowest BCUT2D eigenvalue weighted by molar-refractivity contribution is 0.0690. The fraction of sp³-hybridized carbons (Fsp3) is 0.0769. The van der Waals surface area contributed by atoms with Crippen LogP contribution in [0.3, 0.4) is 0 Å². The topological polar surface area (TPSA) is 114 Å². The van der Waals surface area contributed by atoms with Crippen molar-refractivity contribution >= 4 is 5.97 Å². The quantitative estimate of drug-likeness (QED) is 0.739. The van der Waals surface area contributed by atoms with E-state index >= 15 is 0 Å². The van der Waals surface area contributed by atoms with E-state index in [0.29, 0.717) is 17.0 Å². The fourth-order valence-electron chi connectivity index (χ4n) is 1.73. The van der Waals surface area contributed by atoms with Crippen LogP contribution in [-0.2, 0) is 6.61 Å². The van der Waals surface area contributed by atoms with Crippen LogP contribution in [0, 0.1) is 5.82 Å². The predicted octanol–water partition coefficient (Wildman–Crippen LogP) is 1.88. The fourth-order valence-corrected chi connectivity index (χ4v) is 1.73. The second-order valence-corrected chi connectivity index (χ2v) is 4.26. The first-order valence-electron chi connectivity index (χ1n) is 6.10. The van der Waals surface area contributed by atoms with Crippen molar-refractivity contribution in [2.75, 3.05) is 0 Å². The van der Waals surface area contributed by atoms with Gasteiger partial charge in [-0.1, -0.05) is 5.16 Å². The molecule has 0 aliphatic carbocycles. The zero-order valence-corrected chi connectivity index (χ0v) is 11.0. The Balaban J connectivity index is 1.74. The van der Waals surface area contributed by atoms with Crippen LogP contribution in [0.25, 0.3) is 11.4 Å². The highest BCUT2D eigenvalue weighted by Gasteiger charge is 2.14. The molecule has 0 atom stereocenters. The molecule has 0 aromatic carbocycles. The van der Waals surface area contributed by atoms with Crippen LogP contribution in [0.4, 0.5) is 4.39 Å². The van der Waals surface area contributed by atoms with E-state index in [-0.39, 0.29) is 18.2 Å². The number of carboxylic acids is 1. The number of nitrogens with zero attached hydrogens (tertiary/aromatic N) is 3. The lowest BCUT2D eigenvalue weighted by atomic mass is 10.2. The van der Waals surface area contributed by atoms with Crippen LogP contribution in [0.5, 0.6) is 5.88 Å². The van der Waals surface area contributed by atoms with E-state index in [1.165, 1.54) is 24.5 Å². The monoisotopic (exact) mass is 304 g/mol. The van der Waals surface area contributed by atoms with Gasteiger partial charge >= 0.3 is 5.97 Å². The average molecular weight is 304 g/mol. The predicted molar refractivity (Wildman–Crippen MR) is 69.6 cm³/mol. The van der Waals surface area contributed by atoms with Crippen LogP contribution < -0.4 is 4.74 Å². The number of hydrogen-bond donors (Lipinski definition) is 2. The number of aromatic amines is 1. The molecule has 0 aliphatic rings. The molecular formula is C13H9FN4O4. The Morgan fingerprint density at radius 2 is 2.32 bits per heavy atom. The largest absolute Gasteiger partial charge is 0.477 e. The van der Waals surface area contributed by atoms with Gasteiger partial charge in [0.1, 0.15) is 30.1 Å². The number of aromatic nitrogens is 4. The zero-order chi connectivity index (χ0) is 15.5. The van der Waals surface area contributed by atoms with Gasteiger partial charge in [0.15, 0.2) is 0 Å². The van der Waals surface area contributed by atoms with Crippen molar-refractivity contribution in [2.45, 2.75) is 6.61 Å². The lowest BCUT2D eigenvalue weighted by Crippen LogP contribution is -1.97. The Labute approximate surface area is 122 Å². The van der Waals surface area contributed by atoms with Crippen LogP contribution in [0.2, 0.25) is 0 Å². The van der Waals surface area contributed by atoms with Crippen molar-refractivity contribution in [3.63, 3.8) is 0 Å². The molecule has 8 nitrogen and oxygen atoms in total. The van der Waals surface area contributed by atoms with Gasteiger partial charge in [-0.05, 0) is 12.1 Å². The summed E-state index contributed by atoms with van der Waals surface area (Å²) >= 11 is 0. The summed E-state index contributed by atoms with van der Waals surface area (Å²) in [5.74, 6) is -1.47. The molecule has 3 aromatic heterocycles. The molecule has 0 aliphatic heterocycles. The van der Waals surface area contributed by atoms with Crippen molar-refractivity contribution in [1.82, 2.24) is 20.3 Å². The maximum Gasteiger partial charge on any atom is 0.354 e. The smallest absolute Gasteiger partial charge is 0.354 e. The Morgan fingerprint density at radius 3 is 3.00 bits per heavy atom. The lowest BCUT2D eigenvalue weighted by Gasteiger charge is -2.02. The van der Waals surface area contributed by atoms with E-state index in [1.54, 1.807) is 0 Å². The van der Waals surface area contributed by atoms with Gasteiger partial charge in [-0.25, -0.2) is 9.18 Å². The standard InChI is InChI=1S/C13H9FN4O4/c14-8-1-2-9(15-4-8)12-7(6-22-18-12)5-21-11-3-10(13(19)20)16-17-11/h1-4,6H,5H2,(H,16,17)(H,19,20). The number of hydrogen-bond acceptors (Lipinski definition) is 6. The molecular weight excluding hydrogens is 295 g/mol. The Kier molecular flexibility index (Phi) is 3.52. The molecule has 0 radical (unpaired) electrons. The number of rotatable bonds is 5. The third-order valence-corrected chi connectivity index (χ3v) is 2.77. The Morgan fingerprint density at radius 1 is 1.45 bits per heavy atom. The summed E-state index contributed by atoms with van der Waals surface area (Å²) in [5.41, 5.74) is 1.33. The highest BCUT2D eigenvalue weighted by molar-refractivity contribution is 5.85. The maximum absolute atomic E-state index is 12.9. The van der Waals surface area contributed by atoms with Crippen molar-refractivity contribution in [2.24, 2.45) is 0 Å². The third kappa shape index (κ3) is 2.77. The molecule has 0 fully saturated rings. The highest BCUT2D eigenvalue weighted by atomic mass is 19.1. The second kappa shape index (κ2) is 5.64. The minimum absolute atomic E-state index is 0.0435. The normalized spacial score (nSPS) is 10.6.